The Hall–Kier alpha value is -3.66. The van der Waals surface area contributed by atoms with Gasteiger partial charge in [0.15, 0.2) is 0 Å². The molecule has 0 radical (unpaired) electrons. The second-order valence-electron chi connectivity index (χ2n) is 7.07. The molecule has 0 saturated carbocycles. The molecular formula is C21H24N4O6. The van der Waals surface area contributed by atoms with Gasteiger partial charge in [-0.3, -0.25) is 20.2 Å². The molecule has 0 aromatic heterocycles. The van der Waals surface area contributed by atoms with E-state index in [2.05, 4.69) is 15.7 Å². The molecule has 1 aliphatic carbocycles. The van der Waals surface area contributed by atoms with E-state index in [1.807, 2.05) is 32.3 Å². The fourth-order valence-corrected chi connectivity index (χ4v) is 3.00. The highest BCUT2D eigenvalue weighted by Gasteiger charge is 2.52. The van der Waals surface area contributed by atoms with E-state index >= 15 is 0 Å². The Kier molecular flexibility index (Phi) is 6.71. The van der Waals surface area contributed by atoms with Crippen LogP contribution in [-0.2, 0) is 14.3 Å². The molecule has 2 aliphatic rings. The van der Waals surface area contributed by atoms with E-state index in [1.54, 1.807) is 29.3 Å². The molecule has 1 fully saturated rings. The van der Waals surface area contributed by atoms with Gasteiger partial charge in [-0.15, -0.1) is 0 Å². The third kappa shape index (κ3) is 5.28. The monoisotopic (exact) mass is 428 g/mol. The number of amides is 4. The highest BCUT2D eigenvalue weighted by molar-refractivity contribution is 6.21. The van der Waals surface area contributed by atoms with Crippen molar-refractivity contribution in [2.45, 2.75) is 18.4 Å². The summed E-state index contributed by atoms with van der Waals surface area (Å²) in [5.74, 6) is -0.197. The van der Waals surface area contributed by atoms with Gasteiger partial charge >= 0.3 is 6.03 Å². The first kappa shape index (κ1) is 22.0. The first-order valence-electron chi connectivity index (χ1n) is 9.58. The minimum absolute atomic E-state index is 0.0682. The number of carbonyl (C=O) groups is 3. The molecule has 10 nitrogen and oxygen atoms in total. The van der Waals surface area contributed by atoms with Crippen LogP contribution in [0.5, 0.6) is 11.5 Å². The van der Waals surface area contributed by atoms with Gasteiger partial charge in [0.25, 0.3) is 17.4 Å². The van der Waals surface area contributed by atoms with Gasteiger partial charge in [-0.05, 0) is 42.5 Å². The lowest BCUT2D eigenvalue weighted by Crippen LogP contribution is -2.69. The van der Waals surface area contributed by atoms with Crippen molar-refractivity contribution >= 4 is 23.6 Å². The molecule has 1 aromatic rings. The van der Waals surface area contributed by atoms with Crippen molar-refractivity contribution < 1.29 is 28.6 Å². The summed E-state index contributed by atoms with van der Waals surface area (Å²) >= 11 is 0. The van der Waals surface area contributed by atoms with E-state index in [0.29, 0.717) is 17.9 Å². The zero-order chi connectivity index (χ0) is 22.4. The van der Waals surface area contributed by atoms with Crippen LogP contribution < -0.4 is 20.1 Å². The van der Waals surface area contributed by atoms with Crippen LogP contribution in [0.1, 0.15) is 12.8 Å². The molecule has 4 amide bonds. The van der Waals surface area contributed by atoms with Crippen LogP contribution in [0.15, 0.2) is 53.4 Å². The van der Waals surface area contributed by atoms with Crippen LogP contribution in [0.3, 0.4) is 0 Å². The van der Waals surface area contributed by atoms with E-state index in [0.717, 1.165) is 5.71 Å². The molecule has 3 rings (SSSR count). The minimum atomic E-state index is -1.91. The highest BCUT2D eigenvalue weighted by Crippen LogP contribution is 2.27. The van der Waals surface area contributed by atoms with Crippen LogP contribution in [0.4, 0.5) is 4.79 Å². The number of rotatable bonds is 8. The summed E-state index contributed by atoms with van der Waals surface area (Å²) in [5, 5.41) is 10.2. The van der Waals surface area contributed by atoms with Gasteiger partial charge in [0.05, 0.1) is 12.3 Å². The fourth-order valence-electron chi connectivity index (χ4n) is 3.00. The molecule has 0 atom stereocenters. The second kappa shape index (κ2) is 9.43. The number of nitrogens with zero attached hydrogens (tertiary/aromatic N) is 2. The van der Waals surface area contributed by atoms with Gasteiger partial charge in [0, 0.05) is 34.0 Å². The van der Waals surface area contributed by atoms with E-state index in [4.69, 9.17) is 14.2 Å². The van der Waals surface area contributed by atoms with Crippen molar-refractivity contribution in [3.63, 3.8) is 0 Å². The van der Waals surface area contributed by atoms with Crippen LogP contribution >= 0.6 is 0 Å². The second-order valence-corrected chi connectivity index (χ2v) is 7.07. The number of hydrogen-bond acceptors (Lipinski definition) is 8. The molecule has 1 aromatic carbocycles. The fraction of sp³-hybridized carbons (Fsp3) is 0.333. The van der Waals surface area contributed by atoms with Crippen molar-refractivity contribution in [1.82, 2.24) is 15.6 Å². The largest absolute Gasteiger partial charge is 0.467 e. The smallest absolute Gasteiger partial charge is 0.328 e. The Morgan fingerprint density at radius 3 is 2.23 bits per heavy atom. The van der Waals surface area contributed by atoms with Gasteiger partial charge in [0.2, 0.25) is 0 Å². The third-order valence-corrected chi connectivity index (χ3v) is 4.48. The Balaban J connectivity index is 1.70. The Labute approximate surface area is 179 Å². The van der Waals surface area contributed by atoms with Gasteiger partial charge in [0.1, 0.15) is 17.3 Å². The summed E-state index contributed by atoms with van der Waals surface area (Å²) in [7, 11) is 5.16. The Morgan fingerprint density at radius 1 is 1.03 bits per heavy atom. The van der Waals surface area contributed by atoms with Crippen LogP contribution in [0, 0.1) is 0 Å². The number of benzene rings is 1. The number of allylic oxidation sites excluding steroid dienone is 3. The molecule has 1 aliphatic heterocycles. The number of barbiturate groups is 1. The standard InChI is InChI=1S/C21H24N4O6/c1-25(2)24-14-4-6-15(7-5-14)30-16-8-10-17(11-9-16)31-21(12-13-29-3)18(26)22-20(28)23-19(21)27/h4,6-11H,5,12-13H2,1-3H3,(H2,22,23,26,27,28)/b24-14-. The Bertz CT molecular complexity index is 929. The number of hydrogen-bond donors (Lipinski definition) is 2. The van der Waals surface area contributed by atoms with E-state index in [-0.39, 0.29) is 18.8 Å². The Morgan fingerprint density at radius 2 is 1.68 bits per heavy atom. The zero-order valence-corrected chi connectivity index (χ0v) is 17.5. The summed E-state index contributed by atoms with van der Waals surface area (Å²) in [6, 6.07) is 5.57. The van der Waals surface area contributed by atoms with Gasteiger partial charge < -0.3 is 19.2 Å². The van der Waals surface area contributed by atoms with Crippen molar-refractivity contribution in [2.75, 3.05) is 27.8 Å². The topological polar surface area (TPSA) is 119 Å². The van der Waals surface area contributed by atoms with Gasteiger partial charge in [-0.1, -0.05) is 0 Å². The lowest BCUT2D eigenvalue weighted by molar-refractivity contribution is -0.153. The van der Waals surface area contributed by atoms with Crippen LogP contribution in [0.25, 0.3) is 0 Å². The number of ether oxygens (including phenoxy) is 3. The first-order chi connectivity index (χ1) is 14.8. The van der Waals surface area contributed by atoms with Crippen molar-refractivity contribution in [2.24, 2.45) is 5.10 Å². The predicted molar refractivity (Wildman–Crippen MR) is 112 cm³/mol. The summed E-state index contributed by atoms with van der Waals surface area (Å²) in [5.41, 5.74) is -0.992. The molecule has 2 N–H and O–H groups in total. The number of imide groups is 2. The van der Waals surface area contributed by atoms with Crippen LogP contribution in [-0.4, -0.2) is 62.0 Å². The first-order valence-corrected chi connectivity index (χ1v) is 9.58. The maximum absolute atomic E-state index is 12.4. The van der Waals surface area contributed by atoms with Crippen LogP contribution in [0.2, 0.25) is 0 Å². The lowest BCUT2D eigenvalue weighted by Gasteiger charge is -2.34. The molecule has 1 heterocycles. The molecule has 0 spiro atoms. The number of urea groups is 1. The molecule has 10 heteroatoms. The van der Waals surface area contributed by atoms with E-state index in [1.165, 1.54) is 7.11 Å². The summed E-state index contributed by atoms with van der Waals surface area (Å²) in [6.07, 6.45) is 6.20. The van der Waals surface area contributed by atoms with Crippen molar-refractivity contribution in [3.05, 3.63) is 48.3 Å². The summed E-state index contributed by atoms with van der Waals surface area (Å²) < 4.78 is 16.6. The van der Waals surface area contributed by atoms with E-state index < -0.39 is 23.4 Å². The summed E-state index contributed by atoms with van der Waals surface area (Å²) in [4.78, 5) is 36.3. The average Bonchev–Trinajstić information content (AvgIpc) is 2.72. The molecule has 1 saturated heterocycles. The zero-order valence-electron chi connectivity index (χ0n) is 17.5. The normalized spacial score (nSPS) is 18.9. The quantitative estimate of drug-likeness (QED) is 0.474. The molecular weight excluding hydrogens is 404 g/mol. The SMILES string of the molecule is COCCC1(Oc2ccc(OC3=CC/C(=N\N(C)C)C=C3)cc2)C(=O)NC(=O)NC1=O. The molecule has 31 heavy (non-hydrogen) atoms. The average molecular weight is 428 g/mol. The van der Waals surface area contributed by atoms with Gasteiger partial charge in [-0.2, -0.15) is 5.10 Å². The highest BCUT2D eigenvalue weighted by atomic mass is 16.5. The minimum Gasteiger partial charge on any atom is -0.467 e. The molecule has 0 bridgehead atoms. The third-order valence-electron chi connectivity index (χ3n) is 4.48. The molecule has 164 valence electrons. The molecule has 0 unspecified atom stereocenters. The lowest BCUT2D eigenvalue weighted by atomic mass is 9.95. The summed E-state index contributed by atoms with van der Waals surface area (Å²) in [6.45, 7) is 0.0792. The predicted octanol–water partition coefficient (Wildman–Crippen LogP) is 1.35. The van der Waals surface area contributed by atoms with E-state index in [9.17, 15) is 14.4 Å². The number of methoxy groups -OCH3 is 1. The van der Waals surface area contributed by atoms with Crippen molar-refractivity contribution in [1.29, 1.82) is 0 Å². The van der Waals surface area contributed by atoms with Gasteiger partial charge in [-0.25, -0.2) is 4.79 Å². The number of nitrogens with one attached hydrogen (secondary N) is 2. The maximum atomic E-state index is 12.4. The maximum Gasteiger partial charge on any atom is 0.328 e. The van der Waals surface area contributed by atoms with Crippen molar-refractivity contribution in [3.8, 4) is 11.5 Å². The number of carbonyl (C=O) groups excluding carboxylic acids is 3. The number of hydrazone groups is 1.